The lowest BCUT2D eigenvalue weighted by Crippen LogP contribution is -2.09. The van der Waals surface area contributed by atoms with Crippen LogP contribution in [-0.4, -0.2) is 24.5 Å². The fourth-order valence-electron chi connectivity index (χ4n) is 1.44. The summed E-state index contributed by atoms with van der Waals surface area (Å²) >= 11 is 0. The molecule has 2 rings (SSSR count). The highest BCUT2D eigenvalue weighted by Gasteiger charge is 2.07. The number of imidazole rings is 1. The maximum Gasteiger partial charge on any atom is 0.0994 e. The van der Waals surface area contributed by atoms with Gasteiger partial charge in [-0.15, -0.1) is 5.10 Å². The second kappa shape index (κ2) is 4.89. The normalized spacial score (nSPS) is 12.9. The Balaban J connectivity index is 1.93. The van der Waals surface area contributed by atoms with Gasteiger partial charge in [0.2, 0.25) is 0 Å². The van der Waals surface area contributed by atoms with Gasteiger partial charge in [-0.05, 0) is 6.42 Å². The van der Waals surface area contributed by atoms with Gasteiger partial charge in [0.15, 0.2) is 0 Å². The monoisotopic (exact) mass is 220 g/mol. The molecule has 6 nitrogen and oxygen atoms in total. The van der Waals surface area contributed by atoms with Crippen LogP contribution in [0.5, 0.6) is 0 Å². The molecule has 2 aromatic heterocycles. The van der Waals surface area contributed by atoms with E-state index in [1.165, 1.54) is 0 Å². The Bertz CT molecular complexity index is 418. The maximum absolute atomic E-state index is 5.87. The molecule has 0 bridgehead atoms. The Hall–Kier alpha value is -1.69. The highest BCUT2D eigenvalue weighted by Crippen LogP contribution is 2.08. The van der Waals surface area contributed by atoms with Crippen molar-refractivity contribution in [2.45, 2.75) is 32.5 Å². The van der Waals surface area contributed by atoms with Gasteiger partial charge in [-0.25, -0.2) is 4.98 Å². The minimum absolute atomic E-state index is 0.0120. The van der Waals surface area contributed by atoms with Crippen LogP contribution in [0.3, 0.4) is 0 Å². The van der Waals surface area contributed by atoms with Crippen molar-refractivity contribution in [3.8, 4) is 0 Å². The molecule has 0 aromatic carbocycles. The highest BCUT2D eigenvalue weighted by molar-refractivity contribution is 4.98. The third-order valence-electron chi connectivity index (χ3n) is 2.52. The van der Waals surface area contributed by atoms with Crippen LogP contribution >= 0.6 is 0 Å². The van der Waals surface area contributed by atoms with E-state index in [1.807, 2.05) is 28.6 Å². The summed E-state index contributed by atoms with van der Waals surface area (Å²) < 4.78 is 3.81. The van der Waals surface area contributed by atoms with Gasteiger partial charge in [0.25, 0.3) is 0 Å². The average molecular weight is 220 g/mol. The number of rotatable bonds is 5. The Morgan fingerprint density at radius 2 is 2.31 bits per heavy atom. The highest BCUT2D eigenvalue weighted by atomic mass is 15.4. The van der Waals surface area contributed by atoms with Gasteiger partial charge in [0.1, 0.15) is 0 Å². The zero-order valence-electron chi connectivity index (χ0n) is 9.32. The lowest BCUT2D eigenvalue weighted by Gasteiger charge is -2.02. The van der Waals surface area contributed by atoms with Crippen LogP contribution in [0.25, 0.3) is 0 Å². The zero-order chi connectivity index (χ0) is 11.4. The fourth-order valence-corrected chi connectivity index (χ4v) is 1.44. The van der Waals surface area contributed by atoms with Gasteiger partial charge in [0.05, 0.1) is 30.8 Å². The van der Waals surface area contributed by atoms with Crippen LogP contribution in [0.2, 0.25) is 0 Å². The first-order valence-electron chi connectivity index (χ1n) is 5.41. The van der Waals surface area contributed by atoms with Crippen molar-refractivity contribution in [1.82, 2.24) is 24.5 Å². The van der Waals surface area contributed by atoms with E-state index in [-0.39, 0.29) is 6.04 Å². The molecule has 2 heterocycles. The van der Waals surface area contributed by atoms with Crippen molar-refractivity contribution < 1.29 is 0 Å². The maximum atomic E-state index is 5.87. The minimum Gasteiger partial charge on any atom is -0.336 e. The van der Waals surface area contributed by atoms with Crippen LogP contribution in [0, 0.1) is 0 Å². The molecule has 0 aliphatic heterocycles. The molecule has 0 saturated carbocycles. The Labute approximate surface area is 94.1 Å². The van der Waals surface area contributed by atoms with Crippen molar-refractivity contribution in [2.75, 3.05) is 0 Å². The van der Waals surface area contributed by atoms with Gasteiger partial charge >= 0.3 is 0 Å². The van der Waals surface area contributed by atoms with Crippen molar-refractivity contribution in [3.63, 3.8) is 0 Å². The summed E-state index contributed by atoms with van der Waals surface area (Å²) in [7, 11) is 0. The van der Waals surface area contributed by atoms with E-state index in [0.29, 0.717) is 0 Å². The summed E-state index contributed by atoms with van der Waals surface area (Å²) in [5.74, 6) is 0. The molecule has 0 aliphatic carbocycles. The number of nitrogens with two attached hydrogens (primary N) is 1. The Morgan fingerprint density at radius 3 is 3.00 bits per heavy atom. The molecule has 0 spiro atoms. The summed E-state index contributed by atoms with van der Waals surface area (Å²) in [6.07, 6.45) is 8.26. The fraction of sp³-hybridized carbons (Fsp3) is 0.500. The summed E-state index contributed by atoms with van der Waals surface area (Å²) in [6, 6.07) is -0.0120. The smallest absolute Gasteiger partial charge is 0.0994 e. The standard InChI is InChI=1S/C10H16N6/c1-2-9(11)10-7-16(14-13-10)6-5-15-4-3-12-8-15/h3-4,7-9H,2,5-6,11H2,1H3. The number of hydrogen-bond donors (Lipinski definition) is 1. The van der Waals surface area contributed by atoms with Crippen LogP contribution in [0.15, 0.2) is 24.9 Å². The lowest BCUT2D eigenvalue weighted by molar-refractivity contribution is 0.519. The third kappa shape index (κ3) is 2.46. The molecule has 0 amide bonds. The molecule has 0 radical (unpaired) electrons. The van der Waals surface area contributed by atoms with E-state index in [4.69, 9.17) is 5.73 Å². The molecule has 0 aliphatic rings. The third-order valence-corrected chi connectivity index (χ3v) is 2.52. The molecule has 6 heteroatoms. The topological polar surface area (TPSA) is 74.5 Å². The molecule has 0 saturated heterocycles. The van der Waals surface area contributed by atoms with Crippen LogP contribution < -0.4 is 5.73 Å². The number of hydrogen-bond acceptors (Lipinski definition) is 4. The largest absolute Gasteiger partial charge is 0.336 e. The van der Waals surface area contributed by atoms with Gasteiger partial charge in [-0.2, -0.15) is 0 Å². The predicted molar refractivity (Wildman–Crippen MR) is 59.5 cm³/mol. The van der Waals surface area contributed by atoms with E-state index in [1.54, 1.807) is 12.5 Å². The zero-order valence-corrected chi connectivity index (χ0v) is 9.32. The molecule has 0 fully saturated rings. The van der Waals surface area contributed by atoms with E-state index in [2.05, 4.69) is 15.3 Å². The van der Waals surface area contributed by atoms with Crippen LogP contribution in [-0.2, 0) is 13.1 Å². The first-order chi connectivity index (χ1) is 7.79. The first kappa shape index (κ1) is 10.8. The molecule has 1 atom stereocenters. The van der Waals surface area contributed by atoms with Crippen molar-refractivity contribution in [3.05, 3.63) is 30.6 Å². The molecule has 86 valence electrons. The molecule has 2 N–H and O–H groups in total. The summed E-state index contributed by atoms with van der Waals surface area (Å²) in [5.41, 5.74) is 6.72. The van der Waals surface area contributed by atoms with Crippen molar-refractivity contribution in [1.29, 1.82) is 0 Å². The van der Waals surface area contributed by atoms with Gasteiger partial charge in [-0.3, -0.25) is 4.68 Å². The van der Waals surface area contributed by atoms with E-state index >= 15 is 0 Å². The Kier molecular flexibility index (Phi) is 3.31. The van der Waals surface area contributed by atoms with Gasteiger partial charge in [-0.1, -0.05) is 12.1 Å². The quantitative estimate of drug-likeness (QED) is 0.800. The van der Waals surface area contributed by atoms with Crippen molar-refractivity contribution >= 4 is 0 Å². The summed E-state index contributed by atoms with van der Waals surface area (Å²) in [6.45, 7) is 3.65. The van der Waals surface area contributed by atoms with Crippen LogP contribution in [0.1, 0.15) is 25.1 Å². The molecule has 2 aromatic rings. The minimum atomic E-state index is -0.0120. The van der Waals surface area contributed by atoms with Crippen LogP contribution in [0.4, 0.5) is 0 Å². The predicted octanol–water partition coefficient (Wildman–Crippen LogP) is 0.585. The number of nitrogens with zero attached hydrogens (tertiary/aromatic N) is 5. The lowest BCUT2D eigenvalue weighted by atomic mass is 10.2. The van der Waals surface area contributed by atoms with Gasteiger partial charge < -0.3 is 10.3 Å². The first-order valence-corrected chi connectivity index (χ1v) is 5.41. The summed E-state index contributed by atoms with van der Waals surface area (Å²) in [5, 5.41) is 8.09. The van der Waals surface area contributed by atoms with E-state index < -0.39 is 0 Å². The number of aromatic nitrogens is 5. The second-order valence-electron chi connectivity index (χ2n) is 3.72. The summed E-state index contributed by atoms with van der Waals surface area (Å²) in [4.78, 5) is 3.98. The number of aryl methyl sites for hydroxylation is 2. The van der Waals surface area contributed by atoms with Crippen molar-refractivity contribution in [2.24, 2.45) is 5.73 Å². The molecular formula is C10H16N6. The molecular weight excluding hydrogens is 204 g/mol. The van der Waals surface area contributed by atoms with E-state index in [0.717, 1.165) is 25.2 Å². The average Bonchev–Trinajstić information content (AvgIpc) is 2.96. The van der Waals surface area contributed by atoms with Gasteiger partial charge in [0, 0.05) is 18.9 Å². The SMILES string of the molecule is CCC(N)c1cn(CCn2ccnc2)nn1. The second-order valence-corrected chi connectivity index (χ2v) is 3.72. The Morgan fingerprint density at radius 1 is 1.44 bits per heavy atom. The van der Waals surface area contributed by atoms with E-state index in [9.17, 15) is 0 Å². The molecule has 16 heavy (non-hydrogen) atoms. The molecule has 1 unspecified atom stereocenters.